The van der Waals surface area contributed by atoms with E-state index in [1.807, 2.05) is 12.2 Å². The van der Waals surface area contributed by atoms with Gasteiger partial charge < -0.3 is 45.1 Å². The number of carbonyl (C=O) groups is 2. The highest BCUT2D eigenvalue weighted by atomic mass is 16.7. The lowest BCUT2D eigenvalue weighted by Crippen LogP contribution is -2.61. The summed E-state index contributed by atoms with van der Waals surface area (Å²) in [6.07, 6.45) is 50.4. The molecule has 1 saturated heterocycles. The van der Waals surface area contributed by atoms with E-state index in [4.69, 9.17) is 14.2 Å². The average Bonchev–Trinajstić information content (AvgIpc) is 3.39. The molecule has 0 saturated carbocycles. The van der Waals surface area contributed by atoms with Gasteiger partial charge in [0, 0.05) is 12.8 Å². The fourth-order valence-electron chi connectivity index (χ4n) is 9.34. The lowest BCUT2D eigenvalue weighted by Gasteiger charge is -2.41. The number of aliphatic hydroxyl groups is 5. The molecular weight excluding hydrogens is 919 g/mol. The van der Waals surface area contributed by atoms with Crippen molar-refractivity contribution in [3.05, 3.63) is 48.6 Å². The SMILES string of the molecule is CCCCCCCC/C=C\C/C=C/CC(O)C(=O)NC(COC1OC(CO)C(O)C(O)C1OC(=O)CCCCCCCCCCCCC/C=C/CCCCCCCC)C(O)/C=C/CCCCCCCCCCC. The second-order valence-electron chi connectivity index (χ2n) is 21.1. The Morgan fingerprint density at radius 1 is 0.534 bits per heavy atom. The molecule has 1 amide bonds. The molecule has 11 nitrogen and oxygen atoms in total. The molecule has 11 heteroatoms. The van der Waals surface area contributed by atoms with E-state index in [0.29, 0.717) is 12.8 Å². The van der Waals surface area contributed by atoms with Gasteiger partial charge in [-0.2, -0.15) is 0 Å². The van der Waals surface area contributed by atoms with Crippen LogP contribution in [0.3, 0.4) is 0 Å². The van der Waals surface area contributed by atoms with Gasteiger partial charge in [-0.3, -0.25) is 9.59 Å². The zero-order chi connectivity index (χ0) is 53.3. The Balaban J connectivity index is 2.66. The second kappa shape index (κ2) is 50.4. The summed E-state index contributed by atoms with van der Waals surface area (Å²) in [6.45, 7) is 5.73. The molecule has 0 spiro atoms. The van der Waals surface area contributed by atoms with Gasteiger partial charge >= 0.3 is 5.97 Å². The van der Waals surface area contributed by atoms with E-state index in [9.17, 15) is 35.1 Å². The van der Waals surface area contributed by atoms with Crippen LogP contribution in [0.1, 0.15) is 271 Å². The number of amides is 1. The summed E-state index contributed by atoms with van der Waals surface area (Å²) in [7, 11) is 0. The number of allylic oxidation sites excluding steroid dienone is 6. The van der Waals surface area contributed by atoms with Gasteiger partial charge in [0.2, 0.25) is 5.91 Å². The Bertz CT molecular complexity index is 1370. The number of aliphatic hydroxyl groups excluding tert-OH is 5. The molecule has 6 N–H and O–H groups in total. The van der Waals surface area contributed by atoms with Gasteiger partial charge in [0.1, 0.15) is 24.4 Å². The van der Waals surface area contributed by atoms with Crippen molar-refractivity contribution in [2.24, 2.45) is 0 Å². The van der Waals surface area contributed by atoms with Crippen molar-refractivity contribution < 1.29 is 49.3 Å². The van der Waals surface area contributed by atoms with Crippen molar-refractivity contribution in [2.45, 2.75) is 320 Å². The van der Waals surface area contributed by atoms with Gasteiger partial charge in [0.15, 0.2) is 12.4 Å². The lowest BCUT2D eigenvalue weighted by atomic mass is 9.99. The summed E-state index contributed by atoms with van der Waals surface area (Å²) in [5, 5.41) is 56.7. The zero-order valence-corrected chi connectivity index (χ0v) is 47.0. The topological polar surface area (TPSA) is 175 Å². The first kappa shape index (κ1) is 68.6. The Morgan fingerprint density at radius 2 is 0.945 bits per heavy atom. The minimum absolute atomic E-state index is 0.0826. The van der Waals surface area contributed by atoms with Gasteiger partial charge in [-0.15, -0.1) is 0 Å². The summed E-state index contributed by atoms with van der Waals surface area (Å²) in [4.78, 5) is 26.4. The van der Waals surface area contributed by atoms with Crippen molar-refractivity contribution >= 4 is 11.9 Å². The van der Waals surface area contributed by atoms with Crippen LogP contribution < -0.4 is 5.32 Å². The van der Waals surface area contributed by atoms with Crippen molar-refractivity contribution in [1.82, 2.24) is 5.32 Å². The van der Waals surface area contributed by atoms with E-state index < -0.39 is 67.4 Å². The van der Waals surface area contributed by atoms with Crippen LogP contribution in [0.2, 0.25) is 0 Å². The number of unbranched alkanes of at least 4 members (excludes halogenated alkanes) is 32. The third-order valence-electron chi connectivity index (χ3n) is 14.2. The normalized spacial score (nSPS) is 19.7. The van der Waals surface area contributed by atoms with Gasteiger partial charge in [0.25, 0.3) is 0 Å². The summed E-state index contributed by atoms with van der Waals surface area (Å²) in [5.41, 5.74) is 0. The Morgan fingerprint density at radius 3 is 1.41 bits per heavy atom. The first-order chi connectivity index (χ1) is 35.7. The lowest BCUT2D eigenvalue weighted by molar-refractivity contribution is -0.305. The Kier molecular flexibility index (Phi) is 47.4. The van der Waals surface area contributed by atoms with Crippen molar-refractivity contribution in [2.75, 3.05) is 13.2 Å². The molecule has 1 heterocycles. The minimum Gasteiger partial charge on any atom is -0.454 e. The number of nitrogens with one attached hydrogen (secondary N) is 1. The molecule has 426 valence electrons. The highest BCUT2D eigenvalue weighted by molar-refractivity contribution is 5.81. The summed E-state index contributed by atoms with van der Waals surface area (Å²) >= 11 is 0. The number of hydrogen-bond donors (Lipinski definition) is 6. The fraction of sp³-hybridized carbons (Fsp3) is 0.839. The van der Waals surface area contributed by atoms with Crippen LogP contribution >= 0.6 is 0 Å². The molecule has 8 unspecified atom stereocenters. The van der Waals surface area contributed by atoms with Crippen LogP contribution in [0, 0.1) is 0 Å². The predicted molar refractivity (Wildman–Crippen MR) is 301 cm³/mol. The van der Waals surface area contributed by atoms with Gasteiger partial charge in [-0.05, 0) is 64.2 Å². The molecule has 1 aliphatic heterocycles. The smallest absolute Gasteiger partial charge is 0.306 e. The number of esters is 1. The standard InChI is InChI=1S/C62H113NO10/c1-4-7-10-13-16-19-22-24-25-26-27-28-29-30-31-32-35-38-41-44-47-50-57(67)73-60-59(69)58(68)56(51-64)72-62(60)71-52-53(54(65)48-45-42-39-36-33-21-18-15-12-9-6-3)63-61(70)55(66)49-46-43-40-37-34-23-20-17-14-11-8-5-2/h24-25,34,37,43,45-46,48,53-56,58-60,62,64-66,68-69H,4-23,26-33,35-36,38-42,44,47,49-52H2,1-3H3,(H,63,70)/b25-24+,37-34-,46-43+,48-45+. The van der Waals surface area contributed by atoms with E-state index in [1.54, 1.807) is 12.2 Å². The molecule has 0 aromatic heterocycles. The minimum atomic E-state index is -1.62. The van der Waals surface area contributed by atoms with Crippen molar-refractivity contribution in [1.29, 1.82) is 0 Å². The van der Waals surface area contributed by atoms with Gasteiger partial charge in [0.05, 0.1) is 25.4 Å². The van der Waals surface area contributed by atoms with Crippen LogP contribution in [0.15, 0.2) is 48.6 Å². The van der Waals surface area contributed by atoms with E-state index in [1.165, 1.54) is 173 Å². The summed E-state index contributed by atoms with van der Waals surface area (Å²) in [5.74, 6) is -1.26. The number of rotatable bonds is 51. The average molecular weight is 1030 g/mol. The number of ether oxygens (including phenoxy) is 3. The van der Waals surface area contributed by atoms with E-state index >= 15 is 0 Å². The largest absolute Gasteiger partial charge is 0.454 e. The monoisotopic (exact) mass is 1030 g/mol. The van der Waals surface area contributed by atoms with Crippen LogP contribution in [-0.4, -0.2) is 99.6 Å². The molecular formula is C62H113NO10. The first-order valence-electron chi connectivity index (χ1n) is 30.4. The van der Waals surface area contributed by atoms with Crippen LogP contribution in [0.25, 0.3) is 0 Å². The highest BCUT2D eigenvalue weighted by Crippen LogP contribution is 2.26. The van der Waals surface area contributed by atoms with Crippen molar-refractivity contribution in [3.63, 3.8) is 0 Å². The maximum Gasteiger partial charge on any atom is 0.306 e. The number of carbonyl (C=O) groups excluding carboxylic acids is 2. The molecule has 1 aliphatic rings. The van der Waals surface area contributed by atoms with E-state index in [0.717, 1.165) is 51.4 Å². The molecule has 8 atom stereocenters. The van der Waals surface area contributed by atoms with Crippen molar-refractivity contribution in [3.8, 4) is 0 Å². The van der Waals surface area contributed by atoms with Crippen LogP contribution in [0.4, 0.5) is 0 Å². The molecule has 1 fully saturated rings. The molecule has 0 aliphatic carbocycles. The van der Waals surface area contributed by atoms with Gasteiger partial charge in [-0.25, -0.2) is 0 Å². The maximum atomic E-state index is 13.3. The Hall–Kier alpha value is -2.38. The maximum absolute atomic E-state index is 13.3. The van der Waals surface area contributed by atoms with Crippen LogP contribution in [0.5, 0.6) is 0 Å². The van der Waals surface area contributed by atoms with Gasteiger partial charge in [-0.1, -0.05) is 243 Å². The Labute approximate surface area is 446 Å². The first-order valence-corrected chi connectivity index (χ1v) is 30.4. The molecule has 0 aromatic carbocycles. The molecule has 0 radical (unpaired) electrons. The summed E-state index contributed by atoms with van der Waals surface area (Å²) < 4.78 is 17.6. The molecule has 0 bridgehead atoms. The zero-order valence-electron chi connectivity index (χ0n) is 47.0. The predicted octanol–water partition coefficient (Wildman–Crippen LogP) is 14.1. The summed E-state index contributed by atoms with van der Waals surface area (Å²) in [6, 6.07) is -1.05. The molecule has 73 heavy (non-hydrogen) atoms. The number of hydrogen-bond acceptors (Lipinski definition) is 10. The quantitative estimate of drug-likeness (QED) is 0.0195. The molecule has 0 aromatic rings. The van der Waals surface area contributed by atoms with E-state index in [-0.39, 0.29) is 19.4 Å². The second-order valence-corrected chi connectivity index (χ2v) is 21.1. The third-order valence-corrected chi connectivity index (χ3v) is 14.2. The van der Waals surface area contributed by atoms with E-state index in [2.05, 4.69) is 50.4 Å². The highest BCUT2D eigenvalue weighted by Gasteiger charge is 2.47. The third kappa shape index (κ3) is 38.8. The van der Waals surface area contributed by atoms with Crippen LogP contribution in [-0.2, 0) is 23.8 Å². The fourth-order valence-corrected chi connectivity index (χ4v) is 9.34. The molecule has 1 rings (SSSR count).